The predicted molar refractivity (Wildman–Crippen MR) is 69.0 cm³/mol. The van der Waals surface area contributed by atoms with E-state index in [4.69, 9.17) is 5.84 Å². The summed E-state index contributed by atoms with van der Waals surface area (Å²) in [6, 6.07) is 14.9. The Bertz CT molecular complexity index is 491. The number of nitrogens with one attached hydrogen (secondary N) is 1. The molecule has 1 unspecified atom stereocenters. The van der Waals surface area contributed by atoms with Crippen molar-refractivity contribution in [2.45, 2.75) is 12.5 Å². The van der Waals surface area contributed by atoms with Gasteiger partial charge in [0.05, 0.1) is 0 Å². The molecule has 2 heteroatoms. The Labute approximate surface area is 95.7 Å². The van der Waals surface area contributed by atoms with Crippen molar-refractivity contribution in [1.82, 2.24) is 5.43 Å². The average molecular weight is 212 g/mol. The van der Waals surface area contributed by atoms with Crippen LogP contribution in [-0.4, -0.2) is 6.04 Å². The average Bonchev–Trinajstić information content (AvgIpc) is 2.35. The van der Waals surface area contributed by atoms with E-state index in [9.17, 15) is 0 Å². The van der Waals surface area contributed by atoms with Crippen LogP contribution < -0.4 is 11.3 Å². The minimum absolute atomic E-state index is 0.126. The molecule has 2 aromatic rings. The number of fused-ring (bicyclic) bond motifs is 1. The molecular weight excluding hydrogens is 196 g/mol. The molecule has 0 amide bonds. The Hall–Kier alpha value is -1.64. The van der Waals surface area contributed by atoms with Crippen LogP contribution >= 0.6 is 0 Å². The normalized spacial score (nSPS) is 12.6. The first kappa shape index (κ1) is 10.9. The summed E-state index contributed by atoms with van der Waals surface area (Å²) in [5, 5.41) is 2.53. The zero-order valence-electron chi connectivity index (χ0n) is 9.19. The molecule has 0 spiro atoms. The maximum Gasteiger partial charge on any atom is 0.0428 e. The van der Waals surface area contributed by atoms with Crippen LogP contribution in [0, 0.1) is 0 Å². The lowest BCUT2D eigenvalue weighted by atomic mass is 10.0. The lowest BCUT2D eigenvalue weighted by Crippen LogP contribution is -2.34. The fourth-order valence-corrected chi connectivity index (χ4v) is 1.83. The van der Waals surface area contributed by atoms with E-state index in [0.29, 0.717) is 0 Å². The van der Waals surface area contributed by atoms with Gasteiger partial charge in [-0.1, -0.05) is 48.5 Å². The van der Waals surface area contributed by atoms with Crippen molar-refractivity contribution in [3.05, 3.63) is 60.7 Å². The molecule has 1 atom stereocenters. The standard InChI is InChI=1S/C14H16N2/c1-2-14(16-15)10-11-7-8-12-5-3-4-6-13(12)9-11/h2-9,14,16H,1,10,15H2. The van der Waals surface area contributed by atoms with Gasteiger partial charge in [0.25, 0.3) is 0 Å². The van der Waals surface area contributed by atoms with E-state index in [1.807, 2.05) is 6.08 Å². The molecule has 0 aromatic heterocycles. The summed E-state index contributed by atoms with van der Waals surface area (Å²) >= 11 is 0. The van der Waals surface area contributed by atoms with Crippen LogP contribution in [0.3, 0.4) is 0 Å². The summed E-state index contributed by atoms with van der Waals surface area (Å²) in [5.74, 6) is 5.42. The first-order valence-electron chi connectivity index (χ1n) is 5.40. The molecule has 0 radical (unpaired) electrons. The van der Waals surface area contributed by atoms with Crippen LogP contribution in [0.2, 0.25) is 0 Å². The van der Waals surface area contributed by atoms with Gasteiger partial charge in [-0.2, -0.15) is 0 Å². The Morgan fingerprint density at radius 3 is 2.62 bits per heavy atom. The second-order valence-electron chi connectivity index (χ2n) is 3.89. The number of benzene rings is 2. The van der Waals surface area contributed by atoms with Crippen LogP contribution in [0.4, 0.5) is 0 Å². The van der Waals surface area contributed by atoms with Crippen LogP contribution in [-0.2, 0) is 6.42 Å². The monoisotopic (exact) mass is 212 g/mol. The molecule has 0 aliphatic carbocycles. The molecule has 2 nitrogen and oxygen atoms in total. The van der Waals surface area contributed by atoms with Gasteiger partial charge in [-0.25, -0.2) is 0 Å². The summed E-state index contributed by atoms with van der Waals surface area (Å²) in [5.41, 5.74) is 4.00. The zero-order chi connectivity index (χ0) is 11.4. The first-order valence-corrected chi connectivity index (χ1v) is 5.40. The van der Waals surface area contributed by atoms with Gasteiger partial charge in [-0.05, 0) is 22.8 Å². The van der Waals surface area contributed by atoms with Gasteiger partial charge in [0, 0.05) is 6.04 Å². The molecule has 0 heterocycles. The molecule has 0 fully saturated rings. The van der Waals surface area contributed by atoms with Crippen LogP contribution in [0.25, 0.3) is 10.8 Å². The number of rotatable bonds is 4. The molecule has 2 rings (SSSR count). The largest absolute Gasteiger partial charge is 0.271 e. The highest BCUT2D eigenvalue weighted by atomic mass is 15.2. The zero-order valence-corrected chi connectivity index (χ0v) is 9.19. The maximum absolute atomic E-state index is 5.42. The third kappa shape index (κ3) is 2.30. The van der Waals surface area contributed by atoms with Crippen molar-refractivity contribution in [2.24, 2.45) is 5.84 Å². The third-order valence-electron chi connectivity index (χ3n) is 2.77. The lowest BCUT2D eigenvalue weighted by molar-refractivity contribution is 0.618. The van der Waals surface area contributed by atoms with Crippen molar-refractivity contribution in [3.63, 3.8) is 0 Å². The van der Waals surface area contributed by atoms with Gasteiger partial charge in [0.1, 0.15) is 0 Å². The van der Waals surface area contributed by atoms with Gasteiger partial charge in [0.2, 0.25) is 0 Å². The molecule has 82 valence electrons. The lowest BCUT2D eigenvalue weighted by Gasteiger charge is -2.11. The van der Waals surface area contributed by atoms with E-state index in [2.05, 4.69) is 54.5 Å². The number of hydrazine groups is 1. The summed E-state index contributed by atoms with van der Waals surface area (Å²) in [7, 11) is 0. The summed E-state index contributed by atoms with van der Waals surface area (Å²) in [6.07, 6.45) is 2.69. The fraction of sp³-hybridized carbons (Fsp3) is 0.143. The van der Waals surface area contributed by atoms with Crippen molar-refractivity contribution >= 4 is 10.8 Å². The Kier molecular flexibility index (Phi) is 3.34. The van der Waals surface area contributed by atoms with Gasteiger partial charge >= 0.3 is 0 Å². The topological polar surface area (TPSA) is 38.0 Å². The quantitative estimate of drug-likeness (QED) is 0.464. The van der Waals surface area contributed by atoms with Crippen molar-refractivity contribution in [2.75, 3.05) is 0 Å². The SMILES string of the molecule is C=CC(Cc1ccc2ccccc2c1)NN. The molecule has 0 aliphatic heterocycles. The number of hydrogen-bond acceptors (Lipinski definition) is 2. The first-order chi connectivity index (χ1) is 7.83. The Morgan fingerprint density at radius 2 is 1.94 bits per heavy atom. The minimum atomic E-state index is 0.126. The van der Waals surface area contributed by atoms with Gasteiger partial charge in [-0.15, -0.1) is 6.58 Å². The molecule has 2 aromatic carbocycles. The van der Waals surface area contributed by atoms with E-state index in [1.54, 1.807) is 0 Å². The maximum atomic E-state index is 5.42. The summed E-state index contributed by atoms with van der Waals surface area (Å²) in [4.78, 5) is 0. The van der Waals surface area contributed by atoms with Crippen molar-refractivity contribution in [3.8, 4) is 0 Å². The third-order valence-corrected chi connectivity index (χ3v) is 2.77. The van der Waals surface area contributed by atoms with Gasteiger partial charge in [0.15, 0.2) is 0 Å². The summed E-state index contributed by atoms with van der Waals surface area (Å²) < 4.78 is 0. The molecule has 0 saturated carbocycles. The molecule has 16 heavy (non-hydrogen) atoms. The second-order valence-corrected chi connectivity index (χ2v) is 3.89. The van der Waals surface area contributed by atoms with Crippen molar-refractivity contribution in [1.29, 1.82) is 0 Å². The second kappa shape index (κ2) is 4.92. The molecular formula is C14H16N2. The van der Waals surface area contributed by atoms with Crippen molar-refractivity contribution < 1.29 is 0 Å². The Balaban J connectivity index is 2.28. The van der Waals surface area contributed by atoms with Crippen LogP contribution in [0.5, 0.6) is 0 Å². The van der Waals surface area contributed by atoms with Crippen LogP contribution in [0.1, 0.15) is 5.56 Å². The van der Waals surface area contributed by atoms with Crippen LogP contribution in [0.15, 0.2) is 55.1 Å². The minimum Gasteiger partial charge on any atom is -0.271 e. The molecule has 0 aliphatic rings. The van der Waals surface area contributed by atoms with E-state index in [1.165, 1.54) is 16.3 Å². The highest BCUT2D eigenvalue weighted by molar-refractivity contribution is 5.82. The predicted octanol–water partition coefficient (Wildman–Crippen LogP) is 2.40. The van der Waals surface area contributed by atoms with E-state index in [0.717, 1.165) is 6.42 Å². The summed E-state index contributed by atoms with van der Waals surface area (Å²) in [6.45, 7) is 3.75. The number of hydrogen-bond donors (Lipinski definition) is 2. The molecule has 0 saturated heterocycles. The molecule has 0 bridgehead atoms. The van der Waals surface area contributed by atoms with E-state index >= 15 is 0 Å². The molecule has 3 N–H and O–H groups in total. The van der Waals surface area contributed by atoms with E-state index < -0.39 is 0 Å². The highest BCUT2D eigenvalue weighted by Crippen LogP contribution is 2.16. The highest BCUT2D eigenvalue weighted by Gasteiger charge is 2.03. The van der Waals surface area contributed by atoms with Gasteiger partial charge in [-0.3, -0.25) is 11.3 Å². The smallest absolute Gasteiger partial charge is 0.0428 e. The fourth-order valence-electron chi connectivity index (χ4n) is 1.83. The number of nitrogens with two attached hydrogens (primary N) is 1. The van der Waals surface area contributed by atoms with E-state index in [-0.39, 0.29) is 6.04 Å². The Morgan fingerprint density at radius 1 is 1.19 bits per heavy atom. The van der Waals surface area contributed by atoms with Gasteiger partial charge < -0.3 is 0 Å².